The standard InChI is InChI=1S/C12H18N2/c1-6-12(8-7-9-13-5)14-11(4)10(2)3/h6-9,14H,2,4H2,1,3,5H3/b8-7+,12-6+,13-9-. The topological polar surface area (TPSA) is 24.4 Å². The molecule has 0 unspecified atom stereocenters. The van der Waals surface area contributed by atoms with Crippen molar-refractivity contribution >= 4 is 6.21 Å². The first-order valence-corrected chi connectivity index (χ1v) is 4.48. The van der Waals surface area contributed by atoms with Gasteiger partial charge in [0.25, 0.3) is 0 Å². The highest BCUT2D eigenvalue weighted by Gasteiger charge is 1.94. The van der Waals surface area contributed by atoms with Gasteiger partial charge in [-0.3, -0.25) is 4.99 Å². The molecule has 0 aliphatic carbocycles. The van der Waals surface area contributed by atoms with Gasteiger partial charge in [0, 0.05) is 24.7 Å². The number of rotatable bonds is 5. The van der Waals surface area contributed by atoms with Crippen LogP contribution in [0.25, 0.3) is 0 Å². The average molecular weight is 190 g/mol. The summed E-state index contributed by atoms with van der Waals surface area (Å²) in [4.78, 5) is 3.85. The largest absolute Gasteiger partial charge is 0.356 e. The molecule has 1 N–H and O–H groups in total. The van der Waals surface area contributed by atoms with Crippen LogP contribution in [0.4, 0.5) is 0 Å². The predicted octanol–water partition coefficient (Wildman–Crippen LogP) is 2.83. The molecule has 0 radical (unpaired) electrons. The summed E-state index contributed by atoms with van der Waals surface area (Å²) in [5.74, 6) is 0. The molecule has 0 spiro atoms. The van der Waals surface area contributed by atoms with Gasteiger partial charge < -0.3 is 5.32 Å². The maximum atomic E-state index is 3.85. The molecular weight excluding hydrogens is 172 g/mol. The van der Waals surface area contributed by atoms with Gasteiger partial charge in [0.1, 0.15) is 0 Å². The van der Waals surface area contributed by atoms with Crippen LogP contribution < -0.4 is 5.32 Å². The average Bonchev–Trinajstić information content (AvgIpc) is 2.16. The zero-order valence-electron chi connectivity index (χ0n) is 9.17. The summed E-state index contributed by atoms with van der Waals surface area (Å²) < 4.78 is 0. The van der Waals surface area contributed by atoms with Crippen molar-refractivity contribution in [2.75, 3.05) is 7.05 Å². The first-order chi connectivity index (χ1) is 6.61. The Morgan fingerprint density at radius 3 is 2.43 bits per heavy atom. The summed E-state index contributed by atoms with van der Waals surface area (Å²) in [5.41, 5.74) is 2.75. The van der Waals surface area contributed by atoms with Crippen LogP contribution in [0.1, 0.15) is 13.8 Å². The second-order valence-electron chi connectivity index (χ2n) is 2.89. The van der Waals surface area contributed by atoms with E-state index in [1.807, 2.05) is 32.1 Å². The molecule has 0 atom stereocenters. The van der Waals surface area contributed by atoms with E-state index in [1.165, 1.54) is 0 Å². The lowest BCUT2D eigenvalue weighted by Crippen LogP contribution is -2.10. The molecule has 0 aliphatic heterocycles. The second-order valence-corrected chi connectivity index (χ2v) is 2.89. The van der Waals surface area contributed by atoms with E-state index < -0.39 is 0 Å². The smallest absolute Gasteiger partial charge is 0.0341 e. The predicted molar refractivity (Wildman–Crippen MR) is 64.4 cm³/mol. The summed E-state index contributed by atoms with van der Waals surface area (Å²) in [6.07, 6.45) is 7.50. The molecule has 0 aliphatic rings. The maximum Gasteiger partial charge on any atom is 0.0341 e. The minimum absolute atomic E-state index is 0.830. The number of aliphatic imine (C=N–C) groups is 1. The third kappa shape index (κ3) is 5.14. The molecule has 0 rings (SSSR count). The lowest BCUT2D eigenvalue weighted by molar-refractivity contribution is 1.02. The SMILES string of the molecule is C=C(C)C(=C)NC(/C=C/C=N\C)=C/C. The third-order valence-corrected chi connectivity index (χ3v) is 1.63. The van der Waals surface area contributed by atoms with Crippen molar-refractivity contribution in [3.63, 3.8) is 0 Å². The molecule has 0 fully saturated rings. The van der Waals surface area contributed by atoms with Crippen molar-refractivity contribution in [2.24, 2.45) is 4.99 Å². The Balaban J connectivity index is 4.32. The van der Waals surface area contributed by atoms with Gasteiger partial charge in [-0.1, -0.05) is 19.2 Å². The van der Waals surface area contributed by atoms with Crippen LogP contribution in [0, 0.1) is 0 Å². The third-order valence-electron chi connectivity index (χ3n) is 1.63. The van der Waals surface area contributed by atoms with Crippen LogP contribution in [0.2, 0.25) is 0 Å². The molecule has 2 nitrogen and oxygen atoms in total. The Labute approximate surface area is 86.4 Å². The summed E-state index contributed by atoms with van der Waals surface area (Å²) in [6.45, 7) is 11.5. The van der Waals surface area contributed by atoms with Gasteiger partial charge >= 0.3 is 0 Å². The van der Waals surface area contributed by atoms with Gasteiger partial charge in [0.05, 0.1) is 0 Å². The van der Waals surface area contributed by atoms with Crippen LogP contribution in [0.15, 0.2) is 53.3 Å². The highest BCUT2D eigenvalue weighted by Crippen LogP contribution is 2.03. The molecule has 0 aromatic carbocycles. The van der Waals surface area contributed by atoms with Crippen LogP contribution in [0.3, 0.4) is 0 Å². The van der Waals surface area contributed by atoms with E-state index in [1.54, 1.807) is 13.3 Å². The molecule has 76 valence electrons. The number of hydrogen-bond acceptors (Lipinski definition) is 2. The summed E-state index contributed by atoms with van der Waals surface area (Å²) in [5, 5.41) is 3.14. The van der Waals surface area contributed by atoms with E-state index in [-0.39, 0.29) is 0 Å². The minimum atomic E-state index is 0.830. The molecular formula is C12H18N2. The molecule has 2 heteroatoms. The molecule has 0 bridgehead atoms. The zero-order chi connectivity index (χ0) is 11.0. The molecule has 0 saturated heterocycles. The van der Waals surface area contributed by atoms with Crippen molar-refractivity contribution in [1.29, 1.82) is 0 Å². The lowest BCUT2D eigenvalue weighted by atomic mass is 10.2. The number of nitrogens with zero attached hydrogens (tertiary/aromatic N) is 1. The fourth-order valence-electron chi connectivity index (χ4n) is 0.724. The molecule has 0 aromatic rings. The zero-order valence-corrected chi connectivity index (χ0v) is 9.17. The second kappa shape index (κ2) is 6.89. The van der Waals surface area contributed by atoms with Crippen LogP contribution in [-0.4, -0.2) is 13.3 Å². The molecule has 0 amide bonds. The van der Waals surface area contributed by atoms with Gasteiger partial charge in [0.2, 0.25) is 0 Å². The quantitative estimate of drug-likeness (QED) is 0.523. The normalized spacial score (nSPS) is 12.4. The molecule has 0 aromatic heterocycles. The van der Waals surface area contributed by atoms with Crippen molar-refractivity contribution in [3.8, 4) is 0 Å². The van der Waals surface area contributed by atoms with Crippen LogP contribution in [0.5, 0.6) is 0 Å². The Morgan fingerprint density at radius 1 is 1.36 bits per heavy atom. The summed E-state index contributed by atoms with van der Waals surface area (Å²) >= 11 is 0. The minimum Gasteiger partial charge on any atom is -0.356 e. The fraction of sp³-hybridized carbons (Fsp3) is 0.250. The maximum absolute atomic E-state index is 3.85. The van der Waals surface area contributed by atoms with Crippen molar-refractivity contribution < 1.29 is 0 Å². The lowest BCUT2D eigenvalue weighted by Gasteiger charge is -2.08. The number of nitrogens with one attached hydrogen (secondary N) is 1. The van der Waals surface area contributed by atoms with Gasteiger partial charge in [-0.05, 0) is 31.6 Å². The van der Waals surface area contributed by atoms with Gasteiger partial charge in [-0.15, -0.1) is 0 Å². The van der Waals surface area contributed by atoms with E-state index >= 15 is 0 Å². The van der Waals surface area contributed by atoms with Crippen molar-refractivity contribution in [1.82, 2.24) is 5.32 Å². The first-order valence-electron chi connectivity index (χ1n) is 4.48. The van der Waals surface area contributed by atoms with Gasteiger partial charge in [-0.25, -0.2) is 0 Å². The monoisotopic (exact) mass is 190 g/mol. The molecule has 0 heterocycles. The molecule has 0 saturated carbocycles. The Morgan fingerprint density at radius 2 is 2.00 bits per heavy atom. The number of hydrogen-bond donors (Lipinski definition) is 1. The summed E-state index contributed by atoms with van der Waals surface area (Å²) in [6, 6.07) is 0. The van der Waals surface area contributed by atoms with E-state index in [0.29, 0.717) is 0 Å². The van der Waals surface area contributed by atoms with Crippen molar-refractivity contribution in [3.05, 3.63) is 48.4 Å². The van der Waals surface area contributed by atoms with Crippen LogP contribution in [-0.2, 0) is 0 Å². The first kappa shape index (κ1) is 12.4. The van der Waals surface area contributed by atoms with E-state index in [9.17, 15) is 0 Å². The Bertz CT molecular complexity index is 293. The Kier molecular flexibility index (Phi) is 6.12. The van der Waals surface area contributed by atoms with Crippen LogP contribution >= 0.6 is 0 Å². The molecule has 14 heavy (non-hydrogen) atoms. The van der Waals surface area contributed by atoms with Crippen molar-refractivity contribution in [2.45, 2.75) is 13.8 Å². The Hall–Kier alpha value is -1.57. The summed E-state index contributed by atoms with van der Waals surface area (Å²) in [7, 11) is 1.74. The van der Waals surface area contributed by atoms with E-state index in [0.717, 1.165) is 17.0 Å². The highest BCUT2D eigenvalue weighted by molar-refractivity contribution is 5.71. The van der Waals surface area contributed by atoms with E-state index in [2.05, 4.69) is 23.5 Å². The number of allylic oxidation sites excluding steroid dienone is 4. The fourth-order valence-corrected chi connectivity index (χ4v) is 0.724. The highest BCUT2D eigenvalue weighted by atomic mass is 14.9. The van der Waals surface area contributed by atoms with E-state index in [4.69, 9.17) is 0 Å². The van der Waals surface area contributed by atoms with Gasteiger partial charge in [0.15, 0.2) is 0 Å². The van der Waals surface area contributed by atoms with Gasteiger partial charge in [-0.2, -0.15) is 0 Å².